The molecule has 1 aromatic carbocycles. The number of ether oxygens (including phenoxy) is 1. The van der Waals surface area contributed by atoms with Gasteiger partial charge < -0.3 is 15.4 Å². The number of hydrogen-bond donors (Lipinski definition) is 2. The average Bonchev–Trinajstić information content (AvgIpc) is 2.47. The summed E-state index contributed by atoms with van der Waals surface area (Å²) in [5.74, 6) is 1.32. The molecule has 6 heteroatoms. The molecule has 2 N–H and O–H groups in total. The summed E-state index contributed by atoms with van der Waals surface area (Å²) in [4.78, 5) is 12.5. The van der Waals surface area contributed by atoms with Crippen molar-refractivity contribution in [2.75, 3.05) is 24.8 Å². The van der Waals surface area contributed by atoms with Gasteiger partial charge in [-0.25, -0.2) is 0 Å². The van der Waals surface area contributed by atoms with Crippen LogP contribution in [0.1, 0.15) is 25.3 Å². The van der Waals surface area contributed by atoms with Gasteiger partial charge in [0, 0.05) is 12.7 Å². The number of para-hydroxylation sites is 1. The molecular formula is C14H19N5O. The lowest BCUT2D eigenvalue weighted by Gasteiger charge is -2.14. The van der Waals surface area contributed by atoms with E-state index in [1.165, 1.54) is 12.7 Å². The van der Waals surface area contributed by atoms with Crippen LogP contribution in [0.4, 0.5) is 17.6 Å². The van der Waals surface area contributed by atoms with E-state index in [1.807, 2.05) is 18.2 Å². The molecule has 1 heterocycles. The van der Waals surface area contributed by atoms with Crippen LogP contribution in [0, 0.1) is 0 Å². The van der Waals surface area contributed by atoms with Crippen LogP contribution in [-0.4, -0.2) is 29.1 Å². The third kappa shape index (κ3) is 3.14. The van der Waals surface area contributed by atoms with Crippen LogP contribution < -0.4 is 15.4 Å². The van der Waals surface area contributed by atoms with Gasteiger partial charge in [0.1, 0.15) is 0 Å². The molecule has 0 aliphatic rings. The summed E-state index contributed by atoms with van der Waals surface area (Å²) in [6.45, 7) is 4.29. The Morgan fingerprint density at radius 2 is 1.75 bits per heavy atom. The number of nitrogens with one attached hydrogen (secondary N) is 2. The van der Waals surface area contributed by atoms with Gasteiger partial charge in [0.15, 0.2) is 0 Å². The van der Waals surface area contributed by atoms with Gasteiger partial charge in [-0.1, -0.05) is 32.0 Å². The molecule has 0 fully saturated rings. The Kier molecular flexibility index (Phi) is 4.34. The molecule has 106 valence electrons. The summed E-state index contributed by atoms with van der Waals surface area (Å²) in [6.07, 6.45) is 0. The van der Waals surface area contributed by atoms with Crippen LogP contribution in [0.25, 0.3) is 0 Å². The van der Waals surface area contributed by atoms with Crippen molar-refractivity contribution in [3.63, 3.8) is 0 Å². The largest absolute Gasteiger partial charge is 0.467 e. The van der Waals surface area contributed by atoms with Crippen molar-refractivity contribution in [3.8, 4) is 6.01 Å². The summed E-state index contributed by atoms with van der Waals surface area (Å²) in [6, 6.07) is 8.36. The number of nitrogens with zero attached hydrogens (tertiary/aromatic N) is 3. The van der Waals surface area contributed by atoms with E-state index >= 15 is 0 Å². The van der Waals surface area contributed by atoms with Crippen LogP contribution in [0.3, 0.4) is 0 Å². The third-order valence-electron chi connectivity index (χ3n) is 2.85. The van der Waals surface area contributed by atoms with Gasteiger partial charge in [-0.05, 0) is 17.5 Å². The Morgan fingerprint density at radius 3 is 2.40 bits per heavy atom. The lowest BCUT2D eigenvalue weighted by Crippen LogP contribution is -2.06. The number of anilines is 3. The minimum absolute atomic E-state index is 0.272. The smallest absolute Gasteiger partial charge is 0.322 e. The minimum Gasteiger partial charge on any atom is -0.467 e. The Morgan fingerprint density at radius 1 is 1.05 bits per heavy atom. The zero-order chi connectivity index (χ0) is 14.5. The summed E-state index contributed by atoms with van der Waals surface area (Å²) in [7, 11) is 3.28. The van der Waals surface area contributed by atoms with Gasteiger partial charge in [0.05, 0.1) is 7.11 Å². The second-order valence-corrected chi connectivity index (χ2v) is 4.59. The van der Waals surface area contributed by atoms with E-state index in [2.05, 4.69) is 45.5 Å². The summed E-state index contributed by atoms with van der Waals surface area (Å²) in [5.41, 5.74) is 2.19. The van der Waals surface area contributed by atoms with Gasteiger partial charge in [-0.15, -0.1) is 0 Å². The third-order valence-corrected chi connectivity index (χ3v) is 2.85. The highest BCUT2D eigenvalue weighted by Gasteiger charge is 2.10. The van der Waals surface area contributed by atoms with Gasteiger partial charge >= 0.3 is 6.01 Å². The maximum atomic E-state index is 5.07. The lowest BCUT2D eigenvalue weighted by molar-refractivity contribution is 0.379. The minimum atomic E-state index is 0.272. The van der Waals surface area contributed by atoms with Crippen molar-refractivity contribution < 1.29 is 4.74 Å². The quantitative estimate of drug-likeness (QED) is 0.872. The zero-order valence-corrected chi connectivity index (χ0v) is 12.1. The highest BCUT2D eigenvalue weighted by molar-refractivity contribution is 5.60. The van der Waals surface area contributed by atoms with E-state index in [1.54, 1.807) is 7.05 Å². The maximum Gasteiger partial charge on any atom is 0.322 e. The molecular weight excluding hydrogens is 254 g/mol. The first-order valence-corrected chi connectivity index (χ1v) is 6.47. The Bertz CT molecular complexity index is 563. The molecule has 2 rings (SSSR count). The first-order chi connectivity index (χ1) is 9.63. The first-order valence-electron chi connectivity index (χ1n) is 6.47. The molecule has 0 spiro atoms. The second kappa shape index (κ2) is 6.18. The molecule has 20 heavy (non-hydrogen) atoms. The average molecular weight is 273 g/mol. The molecule has 2 aromatic rings. The molecule has 0 atom stereocenters. The number of rotatable bonds is 5. The number of benzene rings is 1. The predicted molar refractivity (Wildman–Crippen MR) is 79.7 cm³/mol. The van der Waals surface area contributed by atoms with Gasteiger partial charge in [-0.2, -0.15) is 15.0 Å². The molecule has 0 unspecified atom stereocenters. The summed E-state index contributed by atoms with van der Waals surface area (Å²) in [5, 5.41) is 6.10. The topological polar surface area (TPSA) is 72.0 Å². The maximum absolute atomic E-state index is 5.07. The summed E-state index contributed by atoms with van der Waals surface area (Å²) < 4.78 is 5.07. The zero-order valence-electron chi connectivity index (χ0n) is 12.1. The summed E-state index contributed by atoms with van der Waals surface area (Å²) >= 11 is 0. The number of methoxy groups -OCH3 is 1. The standard InChI is InChI=1S/C14H19N5O/c1-9(2)10-7-5-6-8-11(10)16-13-17-12(15-3)18-14(19-13)20-4/h5-9H,1-4H3,(H2,15,16,17,18,19). The van der Waals surface area contributed by atoms with Crippen molar-refractivity contribution in [3.05, 3.63) is 29.8 Å². The Balaban J connectivity index is 2.34. The van der Waals surface area contributed by atoms with E-state index < -0.39 is 0 Å². The fourth-order valence-corrected chi connectivity index (χ4v) is 1.85. The van der Waals surface area contributed by atoms with Crippen molar-refractivity contribution in [2.24, 2.45) is 0 Å². The van der Waals surface area contributed by atoms with E-state index in [0.29, 0.717) is 17.8 Å². The monoisotopic (exact) mass is 273 g/mol. The van der Waals surface area contributed by atoms with Crippen LogP contribution in [0.5, 0.6) is 6.01 Å². The van der Waals surface area contributed by atoms with Crippen LogP contribution in [0.2, 0.25) is 0 Å². The molecule has 0 aliphatic heterocycles. The normalized spacial score (nSPS) is 10.4. The number of hydrogen-bond acceptors (Lipinski definition) is 6. The Labute approximate surface area is 118 Å². The van der Waals surface area contributed by atoms with Gasteiger partial charge in [-0.3, -0.25) is 0 Å². The first kappa shape index (κ1) is 14.0. The van der Waals surface area contributed by atoms with E-state index in [0.717, 1.165) is 5.69 Å². The molecule has 0 radical (unpaired) electrons. The highest BCUT2D eigenvalue weighted by Crippen LogP contribution is 2.26. The molecule has 0 saturated carbocycles. The number of aromatic nitrogens is 3. The van der Waals surface area contributed by atoms with Crippen molar-refractivity contribution in [2.45, 2.75) is 19.8 Å². The van der Waals surface area contributed by atoms with Crippen LogP contribution in [0.15, 0.2) is 24.3 Å². The molecule has 1 aromatic heterocycles. The Hall–Kier alpha value is -2.37. The fourth-order valence-electron chi connectivity index (χ4n) is 1.85. The van der Waals surface area contributed by atoms with Crippen LogP contribution in [-0.2, 0) is 0 Å². The second-order valence-electron chi connectivity index (χ2n) is 4.59. The van der Waals surface area contributed by atoms with Gasteiger partial charge in [0.2, 0.25) is 11.9 Å². The van der Waals surface area contributed by atoms with E-state index in [-0.39, 0.29) is 6.01 Å². The van der Waals surface area contributed by atoms with Gasteiger partial charge in [0.25, 0.3) is 0 Å². The molecule has 0 bridgehead atoms. The van der Waals surface area contributed by atoms with Crippen molar-refractivity contribution in [1.29, 1.82) is 0 Å². The predicted octanol–water partition coefficient (Wildman–Crippen LogP) is 2.79. The van der Waals surface area contributed by atoms with Crippen LogP contribution >= 0.6 is 0 Å². The fraction of sp³-hybridized carbons (Fsp3) is 0.357. The molecule has 6 nitrogen and oxygen atoms in total. The molecule has 0 aliphatic carbocycles. The van der Waals surface area contributed by atoms with E-state index in [4.69, 9.17) is 4.74 Å². The molecule has 0 saturated heterocycles. The van der Waals surface area contributed by atoms with Crippen molar-refractivity contribution >= 4 is 17.6 Å². The highest BCUT2D eigenvalue weighted by atomic mass is 16.5. The SMILES string of the molecule is CNc1nc(Nc2ccccc2C(C)C)nc(OC)n1. The lowest BCUT2D eigenvalue weighted by atomic mass is 10.0. The van der Waals surface area contributed by atoms with E-state index in [9.17, 15) is 0 Å². The molecule has 0 amide bonds. The van der Waals surface area contributed by atoms with Crippen molar-refractivity contribution in [1.82, 2.24) is 15.0 Å².